The predicted octanol–water partition coefficient (Wildman–Crippen LogP) is -0.659. The fourth-order valence-electron chi connectivity index (χ4n) is 1.91. The summed E-state index contributed by atoms with van der Waals surface area (Å²) in [5.74, 6) is 0.345. The molecule has 0 aliphatic carbocycles. The van der Waals surface area contributed by atoms with Gasteiger partial charge in [-0.2, -0.15) is 0 Å². The largest absolute Gasteiger partial charge is 0.388 e. The van der Waals surface area contributed by atoms with E-state index in [-0.39, 0.29) is 6.04 Å². The van der Waals surface area contributed by atoms with E-state index >= 15 is 0 Å². The lowest BCUT2D eigenvalue weighted by Gasteiger charge is -2.14. The highest BCUT2D eigenvalue weighted by Gasteiger charge is 2.29. The Morgan fingerprint density at radius 2 is 2.25 bits per heavy atom. The molecular weight excluding hydrogens is 210 g/mol. The standard InChI is InChI=1S/C9H11N5O2/c10-8-7-9(12-3-11-8)14(4-13-7)5-1-16-2-6(5)15/h3-6,15H,1-2H2,(H2,10,11,12)/t5-,6+/m0/s1. The van der Waals surface area contributed by atoms with E-state index in [1.54, 1.807) is 10.9 Å². The Labute approximate surface area is 90.9 Å². The van der Waals surface area contributed by atoms with Crippen LogP contribution in [0.3, 0.4) is 0 Å². The van der Waals surface area contributed by atoms with Gasteiger partial charge in [0.15, 0.2) is 11.5 Å². The zero-order chi connectivity index (χ0) is 11.1. The number of aliphatic hydroxyl groups is 1. The van der Waals surface area contributed by atoms with E-state index in [1.165, 1.54) is 6.33 Å². The minimum atomic E-state index is -0.534. The molecule has 3 heterocycles. The van der Waals surface area contributed by atoms with Gasteiger partial charge in [0.2, 0.25) is 0 Å². The van der Waals surface area contributed by atoms with Gasteiger partial charge in [0.05, 0.1) is 25.6 Å². The highest BCUT2D eigenvalue weighted by atomic mass is 16.5. The number of fused-ring (bicyclic) bond motifs is 1. The van der Waals surface area contributed by atoms with E-state index in [4.69, 9.17) is 10.5 Å². The number of nitrogen functional groups attached to an aromatic ring is 1. The van der Waals surface area contributed by atoms with Gasteiger partial charge in [-0.3, -0.25) is 0 Å². The summed E-state index contributed by atoms with van der Waals surface area (Å²) < 4.78 is 6.98. The second-order valence-electron chi connectivity index (χ2n) is 3.76. The van der Waals surface area contributed by atoms with Crippen LogP contribution < -0.4 is 5.73 Å². The molecule has 0 unspecified atom stereocenters. The van der Waals surface area contributed by atoms with Gasteiger partial charge in [0, 0.05) is 0 Å². The number of imidazole rings is 1. The SMILES string of the molecule is Nc1ncnc2c1ncn2[C@H]1COC[C@H]1O. The molecule has 3 rings (SSSR count). The highest BCUT2D eigenvalue weighted by Crippen LogP contribution is 2.24. The summed E-state index contributed by atoms with van der Waals surface area (Å²) in [5, 5.41) is 9.74. The molecule has 0 spiro atoms. The predicted molar refractivity (Wildman–Crippen MR) is 55.6 cm³/mol. The summed E-state index contributed by atoms with van der Waals surface area (Å²) in [4.78, 5) is 12.1. The Morgan fingerprint density at radius 3 is 3.00 bits per heavy atom. The summed E-state index contributed by atoms with van der Waals surface area (Å²) in [5.41, 5.74) is 6.87. The summed E-state index contributed by atoms with van der Waals surface area (Å²) in [6.07, 6.45) is 2.46. The number of hydrogen-bond acceptors (Lipinski definition) is 6. The Bertz CT molecular complexity index is 526. The number of anilines is 1. The molecule has 0 saturated carbocycles. The Balaban J connectivity index is 2.14. The third-order valence-corrected chi connectivity index (χ3v) is 2.77. The Hall–Kier alpha value is -1.73. The topological polar surface area (TPSA) is 99.1 Å². The second-order valence-corrected chi connectivity index (χ2v) is 3.76. The first-order valence-electron chi connectivity index (χ1n) is 4.96. The van der Waals surface area contributed by atoms with Crippen molar-refractivity contribution in [2.75, 3.05) is 18.9 Å². The quantitative estimate of drug-likeness (QED) is 0.663. The second kappa shape index (κ2) is 3.39. The molecule has 7 nitrogen and oxygen atoms in total. The molecule has 1 saturated heterocycles. The van der Waals surface area contributed by atoms with Crippen molar-refractivity contribution in [3.63, 3.8) is 0 Å². The van der Waals surface area contributed by atoms with Gasteiger partial charge >= 0.3 is 0 Å². The Morgan fingerprint density at radius 1 is 1.38 bits per heavy atom. The van der Waals surface area contributed by atoms with E-state index in [0.29, 0.717) is 30.2 Å². The third-order valence-electron chi connectivity index (χ3n) is 2.77. The van der Waals surface area contributed by atoms with Crippen molar-refractivity contribution in [2.45, 2.75) is 12.1 Å². The van der Waals surface area contributed by atoms with Crippen LogP contribution in [0.15, 0.2) is 12.7 Å². The molecule has 7 heteroatoms. The zero-order valence-corrected chi connectivity index (χ0v) is 8.45. The van der Waals surface area contributed by atoms with E-state index in [9.17, 15) is 5.11 Å². The molecule has 3 N–H and O–H groups in total. The van der Waals surface area contributed by atoms with E-state index in [2.05, 4.69) is 15.0 Å². The molecule has 2 aromatic heterocycles. The lowest BCUT2D eigenvalue weighted by Crippen LogP contribution is -2.21. The fourth-order valence-corrected chi connectivity index (χ4v) is 1.91. The molecule has 1 fully saturated rings. The maximum Gasteiger partial charge on any atom is 0.165 e. The van der Waals surface area contributed by atoms with Crippen LogP contribution in [0.2, 0.25) is 0 Å². The van der Waals surface area contributed by atoms with E-state index in [0.717, 1.165) is 0 Å². The molecule has 2 atom stereocenters. The molecule has 0 aromatic carbocycles. The lowest BCUT2D eigenvalue weighted by molar-refractivity contribution is 0.120. The van der Waals surface area contributed by atoms with Crippen molar-refractivity contribution in [3.05, 3.63) is 12.7 Å². The zero-order valence-electron chi connectivity index (χ0n) is 8.45. The maximum absolute atomic E-state index is 9.74. The molecule has 1 aliphatic rings. The van der Waals surface area contributed by atoms with Crippen LogP contribution in [0.1, 0.15) is 6.04 Å². The van der Waals surface area contributed by atoms with Crippen molar-refractivity contribution in [1.82, 2.24) is 19.5 Å². The van der Waals surface area contributed by atoms with Gasteiger partial charge in [-0.25, -0.2) is 15.0 Å². The summed E-state index contributed by atoms with van der Waals surface area (Å²) in [6.45, 7) is 0.793. The van der Waals surface area contributed by atoms with Crippen LogP contribution in [0, 0.1) is 0 Å². The average Bonchev–Trinajstić information content (AvgIpc) is 2.84. The van der Waals surface area contributed by atoms with Crippen molar-refractivity contribution in [2.24, 2.45) is 0 Å². The van der Waals surface area contributed by atoms with Crippen LogP contribution in [-0.4, -0.2) is 43.9 Å². The number of ether oxygens (including phenoxy) is 1. The normalized spacial score (nSPS) is 25.3. The molecule has 0 radical (unpaired) electrons. The van der Waals surface area contributed by atoms with Crippen molar-refractivity contribution >= 4 is 17.0 Å². The van der Waals surface area contributed by atoms with Gasteiger partial charge < -0.3 is 20.1 Å². The third kappa shape index (κ3) is 1.25. The first-order chi connectivity index (χ1) is 7.77. The number of hydrogen-bond donors (Lipinski definition) is 2. The molecule has 2 aromatic rings. The summed E-state index contributed by atoms with van der Waals surface area (Å²) in [6, 6.07) is -0.153. The average molecular weight is 221 g/mol. The van der Waals surface area contributed by atoms with Gasteiger partial charge in [-0.1, -0.05) is 0 Å². The number of rotatable bonds is 1. The lowest BCUT2D eigenvalue weighted by atomic mass is 10.2. The van der Waals surface area contributed by atoms with Crippen LogP contribution in [-0.2, 0) is 4.74 Å². The number of nitrogens with two attached hydrogens (primary N) is 1. The van der Waals surface area contributed by atoms with Crippen molar-refractivity contribution in [3.8, 4) is 0 Å². The van der Waals surface area contributed by atoms with Gasteiger partial charge in [0.1, 0.15) is 17.9 Å². The Kier molecular flexibility index (Phi) is 2.01. The fraction of sp³-hybridized carbons (Fsp3) is 0.444. The number of nitrogens with zero attached hydrogens (tertiary/aromatic N) is 4. The highest BCUT2D eigenvalue weighted by molar-refractivity contribution is 5.81. The van der Waals surface area contributed by atoms with Gasteiger partial charge in [0.25, 0.3) is 0 Å². The maximum atomic E-state index is 9.74. The van der Waals surface area contributed by atoms with Crippen LogP contribution in [0.4, 0.5) is 5.82 Å². The first-order valence-corrected chi connectivity index (χ1v) is 4.96. The molecule has 0 amide bonds. The smallest absolute Gasteiger partial charge is 0.165 e. The first kappa shape index (κ1) is 9.49. The molecule has 84 valence electrons. The molecular formula is C9H11N5O2. The van der Waals surface area contributed by atoms with Crippen molar-refractivity contribution in [1.29, 1.82) is 0 Å². The van der Waals surface area contributed by atoms with Crippen LogP contribution >= 0.6 is 0 Å². The van der Waals surface area contributed by atoms with Crippen LogP contribution in [0.25, 0.3) is 11.2 Å². The molecule has 1 aliphatic heterocycles. The van der Waals surface area contributed by atoms with E-state index in [1.807, 2.05) is 0 Å². The number of aliphatic hydroxyl groups excluding tert-OH is 1. The minimum absolute atomic E-state index is 0.153. The number of aromatic nitrogens is 4. The molecule has 16 heavy (non-hydrogen) atoms. The minimum Gasteiger partial charge on any atom is -0.388 e. The monoisotopic (exact) mass is 221 g/mol. The molecule has 0 bridgehead atoms. The summed E-state index contributed by atoms with van der Waals surface area (Å²) >= 11 is 0. The van der Waals surface area contributed by atoms with E-state index < -0.39 is 6.10 Å². The summed E-state index contributed by atoms with van der Waals surface area (Å²) in [7, 11) is 0. The van der Waals surface area contributed by atoms with Crippen LogP contribution in [0.5, 0.6) is 0 Å². The van der Waals surface area contributed by atoms with Crippen molar-refractivity contribution < 1.29 is 9.84 Å². The van der Waals surface area contributed by atoms with Gasteiger partial charge in [-0.15, -0.1) is 0 Å². The van der Waals surface area contributed by atoms with Gasteiger partial charge in [-0.05, 0) is 0 Å².